The Morgan fingerprint density at radius 2 is 2.24 bits per heavy atom. The van der Waals surface area contributed by atoms with E-state index in [1.54, 1.807) is 18.4 Å². The summed E-state index contributed by atoms with van der Waals surface area (Å²) in [7, 11) is 1.73. The van der Waals surface area contributed by atoms with Gasteiger partial charge >= 0.3 is 0 Å². The Labute approximate surface area is 135 Å². The highest BCUT2D eigenvalue weighted by Crippen LogP contribution is 2.22. The number of aryl methyl sites for hydroxylation is 1. The number of methoxy groups -OCH3 is 1. The number of ether oxygens (including phenoxy) is 1. The van der Waals surface area contributed by atoms with Crippen LogP contribution < -0.4 is 5.32 Å². The molecule has 0 atom stereocenters. The Bertz CT molecular complexity index is 445. The SMILES string of the molecule is COCCN1CCC(NC(=O)CCc2ccc(Cl)s2)CC1. The molecule has 2 rings (SSSR count). The number of nitrogens with one attached hydrogen (secondary N) is 1. The van der Waals surface area contributed by atoms with E-state index in [0.717, 1.165) is 49.8 Å². The van der Waals surface area contributed by atoms with E-state index in [1.807, 2.05) is 12.1 Å². The number of thiophene rings is 1. The molecule has 118 valence electrons. The van der Waals surface area contributed by atoms with Gasteiger partial charge < -0.3 is 15.0 Å². The highest BCUT2D eigenvalue weighted by Gasteiger charge is 2.20. The predicted octanol–water partition coefficient (Wildman–Crippen LogP) is 2.56. The number of carbonyl (C=O) groups excluding carboxylic acids is 1. The molecule has 1 amide bonds. The van der Waals surface area contributed by atoms with Gasteiger partial charge in [0, 0.05) is 44.1 Å². The van der Waals surface area contributed by atoms with Gasteiger partial charge in [-0.1, -0.05) is 11.6 Å². The van der Waals surface area contributed by atoms with E-state index in [0.29, 0.717) is 12.5 Å². The highest BCUT2D eigenvalue weighted by atomic mass is 35.5. The normalized spacial score (nSPS) is 17.0. The molecule has 1 N–H and O–H groups in total. The zero-order valence-electron chi connectivity index (χ0n) is 12.4. The molecule has 0 spiro atoms. The quantitative estimate of drug-likeness (QED) is 0.835. The van der Waals surface area contributed by atoms with Crippen LogP contribution in [0.25, 0.3) is 0 Å². The molecule has 1 aromatic rings. The number of likely N-dealkylation sites (tertiary alicyclic amines) is 1. The first-order valence-corrected chi connectivity index (χ1v) is 8.61. The van der Waals surface area contributed by atoms with E-state index in [2.05, 4.69) is 10.2 Å². The Morgan fingerprint density at radius 1 is 1.48 bits per heavy atom. The van der Waals surface area contributed by atoms with Gasteiger partial charge in [-0.2, -0.15) is 0 Å². The van der Waals surface area contributed by atoms with Crippen LogP contribution in [-0.2, 0) is 16.0 Å². The van der Waals surface area contributed by atoms with Crippen molar-refractivity contribution in [2.24, 2.45) is 0 Å². The molecule has 1 aromatic heterocycles. The summed E-state index contributed by atoms with van der Waals surface area (Å²) in [6.45, 7) is 3.83. The van der Waals surface area contributed by atoms with Crippen molar-refractivity contribution < 1.29 is 9.53 Å². The van der Waals surface area contributed by atoms with E-state index in [1.165, 1.54) is 4.88 Å². The van der Waals surface area contributed by atoms with Crippen molar-refractivity contribution in [2.75, 3.05) is 33.4 Å². The molecule has 1 aliphatic heterocycles. The van der Waals surface area contributed by atoms with Crippen LogP contribution in [-0.4, -0.2) is 50.2 Å². The first-order chi connectivity index (χ1) is 10.2. The molecule has 0 aliphatic carbocycles. The predicted molar refractivity (Wildman–Crippen MR) is 87.1 cm³/mol. The standard InChI is InChI=1S/C15H23ClN2O2S/c1-20-11-10-18-8-6-12(7-9-18)17-15(19)5-3-13-2-4-14(16)21-13/h2,4,12H,3,5-11H2,1H3,(H,17,19). The first kappa shape index (κ1) is 16.7. The third-order valence-electron chi connectivity index (χ3n) is 3.79. The number of piperidine rings is 1. The fourth-order valence-electron chi connectivity index (χ4n) is 2.54. The minimum atomic E-state index is 0.148. The molecule has 2 heterocycles. The smallest absolute Gasteiger partial charge is 0.220 e. The summed E-state index contributed by atoms with van der Waals surface area (Å²) < 4.78 is 5.88. The third kappa shape index (κ3) is 5.94. The molecule has 0 aromatic carbocycles. The van der Waals surface area contributed by atoms with Gasteiger partial charge in [0.05, 0.1) is 10.9 Å². The zero-order valence-corrected chi connectivity index (χ0v) is 14.0. The van der Waals surface area contributed by atoms with Crippen LogP contribution in [0.15, 0.2) is 12.1 Å². The lowest BCUT2D eigenvalue weighted by molar-refractivity contribution is -0.122. The van der Waals surface area contributed by atoms with E-state index < -0.39 is 0 Å². The van der Waals surface area contributed by atoms with E-state index in [4.69, 9.17) is 16.3 Å². The number of rotatable bonds is 7. The molecule has 0 unspecified atom stereocenters. The van der Waals surface area contributed by atoms with Gasteiger partial charge in [-0.25, -0.2) is 0 Å². The number of amides is 1. The number of hydrogen-bond acceptors (Lipinski definition) is 4. The van der Waals surface area contributed by atoms with Crippen LogP contribution in [0, 0.1) is 0 Å². The summed E-state index contributed by atoms with van der Waals surface area (Å²) in [5, 5.41) is 3.15. The van der Waals surface area contributed by atoms with Crippen molar-refractivity contribution in [3.8, 4) is 0 Å². The maximum absolute atomic E-state index is 12.0. The van der Waals surface area contributed by atoms with Crippen LogP contribution >= 0.6 is 22.9 Å². The molecule has 0 radical (unpaired) electrons. The van der Waals surface area contributed by atoms with Gasteiger partial charge in [-0.15, -0.1) is 11.3 Å². The summed E-state index contributed by atoms with van der Waals surface area (Å²) in [6.07, 6.45) is 3.37. The number of nitrogens with zero attached hydrogens (tertiary/aromatic N) is 1. The monoisotopic (exact) mass is 330 g/mol. The summed E-state index contributed by atoms with van der Waals surface area (Å²) in [6, 6.07) is 4.20. The maximum Gasteiger partial charge on any atom is 0.220 e. The molecule has 0 saturated carbocycles. The van der Waals surface area contributed by atoms with Gasteiger partial charge in [0.1, 0.15) is 0 Å². The average Bonchev–Trinajstić information content (AvgIpc) is 2.90. The van der Waals surface area contributed by atoms with Crippen molar-refractivity contribution in [3.05, 3.63) is 21.3 Å². The third-order valence-corrected chi connectivity index (χ3v) is 5.08. The number of carbonyl (C=O) groups is 1. The maximum atomic E-state index is 12.0. The Balaban J connectivity index is 1.62. The van der Waals surface area contributed by atoms with Crippen molar-refractivity contribution >= 4 is 28.8 Å². The molecular weight excluding hydrogens is 308 g/mol. The summed E-state index contributed by atoms with van der Waals surface area (Å²) >= 11 is 7.44. The van der Waals surface area contributed by atoms with Crippen molar-refractivity contribution in [2.45, 2.75) is 31.7 Å². The second-order valence-electron chi connectivity index (χ2n) is 5.38. The van der Waals surface area contributed by atoms with Gasteiger partial charge in [0.15, 0.2) is 0 Å². The second kappa shape index (κ2) is 8.73. The molecule has 6 heteroatoms. The van der Waals surface area contributed by atoms with Gasteiger partial charge in [0.25, 0.3) is 0 Å². The van der Waals surface area contributed by atoms with Crippen LogP contribution in [0.5, 0.6) is 0 Å². The zero-order chi connectivity index (χ0) is 15.1. The largest absolute Gasteiger partial charge is 0.383 e. The van der Waals surface area contributed by atoms with Crippen LogP contribution in [0.4, 0.5) is 0 Å². The average molecular weight is 331 g/mol. The van der Waals surface area contributed by atoms with Gasteiger partial charge in [0.2, 0.25) is 5.91 Å². The number of halogens is 1. The van der Waals surface area contributed by atoms with Crippen molar-refractivity contribution in [3.63, 3.8) is 0 Å². The number of hydrogen-bond donors (Lipinski definition) is 1. The van der Waals surface area contributed by atoms with Crippen molar-refractivity contribution in [1.29, 1.82) is 0 Å². The Hall–Kier alpha value is -0.620. The van der Waals surface area contributed by atoms with E-state index in [-0.39, 0.29) is 5.91 Å². The molecule has 21 heavy (non-hydrogen) atoms. The van der Waals surface area contributed by atoms with Gasteiger partial charge in [-0.05, 0) is 31.4 Å². The highest BCUT2D eigenvalue weighted by molar-refractivity contribution is 7.16. The molecule has 0 bridgehead atoms. The lowest BCUT2D eigenvalue weighted by Gasteiger charge is -2.32. The lowest BCUT2D eigenvalue weighted by Crippen LogP contribution is -2.45. The summed E-state index contributed by atoms with van der Waals surface area (Å²) in [5.41, 5.74) is 0. The Kier molecular flexibility index (Phi) is 6.96. The topological polar surface area (TPSA) is 41.6 Å². The molecule has 1 saturated heterocycles. The fraction of sp³-hybridized carbons (Fsp3) is 0.667. The Morgan fingerprint density at radius 3 is 2.86 bits per heavy atom. The van der Waals surface area contributed by atoms with Crippen LogP contribution in [0.3, 0.4) is 0 Å². The summed E-state index contributed by atoms with van der Waals surface area (Å²) in [4.78, 5) is 15.5. The van der Waals surface area contributed by atoms with E-state index >= 15 is 0 Å². The van der Waals surface area contributed by atoms with Gasteiger partial charge in [-0.3, -0.25) is 4.79 Å². The molecule has 4 nitrogen and oxygen atoms in total. The minimum Gasteiger partial charge on any atom is -0.383 e. The molecule has 1 aliphatic rings. The van der Waals surface area contributed by atoms with Crippen LogP contribution in [0.1, 0.15) is 24.1 Å². The van der Waals surface area contributed by atoms with Crippen molar-refractivity contribution in [1.82, 2.24) is 10.2 Å². The first-order valence-electron chi connectivity index (χ1n) is 7.42. The minimum absolute atomic E-state index is 0.148. The fourth-order valence-corrected chi connectivity index (χ4v) is 3.63. The molecule has 1 fully saturated rings. The molecular formula is C15H23ClN2O2S. The second-order valence-corrected chi connectivity index (χ2v) is 7.18. The summed E-state index contributed by atoms with van der Waals surface area (Å²) in [5.74, 6) is 0.148. The lowest BCUT2D eigenvalue weighted by atomic mass is 10.0. The van der Waals surface area contributed by atoms with E-state index in [9.17, 15) is 4.79 Å². The van der Waals surface area contributed by atoms with Crippen LogP contribution in [0.2, 0.25) is 4.34 Å².